The van der Waals surface area contributed by atoms with Crippen LogP contribution in [0.1, 0.15) is 24.8 Å². The Hall–Kier alpha value is -1.13. The quantitative estimate of drug-likeness (QED) is 0.830. The third-order valence-electron chi connectivity index (χ3n) is 4.22. The van der Waals surface area contributed by atoms with E-state index in [1.165, 1.54) is 5.57 Å². The Morgan fingerprint density at radius 3 is 2.65 bits per heavy atom. The van der Waals surface area contributed by atoms with Crippen LogP contribution in [0.5, 0.6) is 0 Å². The van der Waals surface area contributed by atoms with Gasteiger partial charge in [-0.05, 0) is 43.5 Å². The Balaban J connectivity index is 1.64. The Bertz CT molecular complexity index is 532. The summed E-state index contributed by atoms with van der Waals surface area (Å²) in [6.45, 7) is 2.63. The lowest BCUT2D eigenvalue weighted by Crippen LogP contribution is -2.37. The van der Waals surface area contributed by atoms with Crippen LogP contribution in [-0.2, 0) is 10.2 Å². The zero-order valence-electron chi connectivity index (χ0n) is 11.4. The molecular weight excluding hydrogens is 316 g/mol. The van der Waals surface area contributed by atoms with E-state index in [1.807, 2.05) is 12.1 Å². The van der Waals surface area contributed by atoms with Crippen molar-refractivity contribution in [3.63, 3.8) is 0 Å². The molecule has 2 aliphatic rings. The Morgan fingerprint density at radius 2 is 2.05 bits per heavy atom. The molecule has 1 fully saturated rings. The molecule has 0 aromatic heterocycles. The Labute approximate surface area is 128 Å². The lowest BCUT2D eigenvalue weighted by Gasteiger charge is -2.18. The van der Waals surface area contributed by atoms with E-state index in [1.54, 1.807) is 0 Å². The minimum atomic E-state index is -0.270. The largest absolute Gasteiger partial charge is 0.352 e. The van der Waals surface area contributed by atoms with Gasteiger partial charge in [0.2, 0.25) is 5.91 Å². The second-order valence-corrected chi connectivity index (χ2v) is 6.50. The molecule has 2 N–H and O–H groups in total. The third-order valence-corrected chi connectivity index (χ3v) is 4.74. The number of amides is 1. The highest BCUT2D eigenvalue weighted by atomic mass is 79.9. The van der Waals surface area contributed by atoms with E-state index in [0.29, 0.717) is 6.54 Å². The zero-order chi connectivity index (χ0) is 14.0. The fourth-order valence-electron chi connectivity index (χ4n) is 2.73. The molecule has 4 heteroatoms. The highest BCUT2D eigenvalue weighted by molar-refractivity contribution is 9.10. The fourth-order valence-corrected chi connectivity index (χ4v) is 3.00. The smallest absolute Gasteiger partial charge is 0.230 e. The average molecular weight is 335 g/mol. The minimum absolute atomic E-state index is 0.180. The van der Waals surface area contributed by atoms with Crippen molar-refractivity contribution < 1.29 is 4.79 Å². The van der Waals surface area contributed by atoms with Gasteiger partial charge in [0, 0.05) is 17.6 Å². The second kappa shape index (κ2) is 5.70. The summed E-state index contributed by atoms with van der Waals surface area (Å²) < 4.78 is 1.05. The summed E-state index contributed by atoms with van der Waals surface area (Å²) in [5.74, 6) is 0.180. The molecule has 3 nitrogen and oxygen atoms in total. The number of carbonyl (C=O) groups is 1. The predicted octanol–water partition coefficient (Wildman–Crippen LogP) is 2.52. The van der Waals surface area contributed by atoms with Gasteiger partial charge in [0.15, 0.2) is 0 Å². The first-order chi connectivity index (χ1) is 9.71. The van der Waals surface area contributed by atoms with Crippen molar-refractivity contribution in [1.82, 2.24) is 10.6 Å². The van der Waals surface area contributed by atoms with Crippen molar-refractivity contribution in [1.29, 1.82) is 0 Å². The maximum atomic E-state index is 12.5. The lowest BCUT2D eigenvalue weighted by molar-refractivity contribution is -0.123. The van der Waals surface area contributed by atoms with Gasteiger partial charge in [0.1, 0.15) is 0 Å². The summed E-state index contributed by atoms with van der Waals surface area (Å²) in [6.07, 6.45) is 5.14. The number of benzene rings is 1. The van der Waals surface area contributed by atoms with Crippen LogP contribution >= 0.6 is 15.9 Å². The van der Waals surface area contributed by atoms with Crippen LogP contribution in [-0.4, -0.2) is 25.5 Å². The van der Waals surface area contributed by atoms with Gasteiger partial charge in [-0.3, -0.25) is 4.79 Å². The second-order valence-electron chi connectivity index (χ2n) is 5.59. The van der Waals surface area contributed by atoms with Crippen LogP contribution < -0.4 is 10.6 Å². The molecule has 0 radical (unpaired) electrons. The molecule has 1 aliphatic heterocycles. The number of hydrogen-bond acceptors (Lipinski definition) is 2. The van der Waals surface area contributed by atoms with Crippen LogP contribution in [0.25, 0.3) is 0 Å². The summed E-state index contributed by atoms with van der Waals surface area (Å²) in [7, 11) is 0. The highest BCUT2D eigenvalue weighted by Crippen LogP contribution is 2.48. The molecule has 1 aromatic carbocycles. The standard InChI is InChI=1S/C16H19BrN2O/c17-14-3-1-13(2-4-14)16(7-8-16)15(20)19-11-12-5-9-18-10-6-12/h1-5,18H,6-11H2,(H,19,20). The average Bonchev–Trinajstić information content (AvgIpc) is 3.28. The molecule has 106 valence electrons. The monoisotopic (exact) mass is 334 g/mol. The van der Waals surface area contributed by atoms with Gasteiger partial charge < -0.3 is 10.6 Å². The van der Waals surface area contributed by atoms with Crippen molar-refractivity contribution in [3.05, 3.63) is 46.0 Å². The van der Waals surface area contributed by atoms with E-state index >= 15 is 0 Å². The minimum Gasteiger partial charge on any atom is -0.352 e. The van der Waals surface area contributed by atoms with E-state index in [0.717, 1.165) is 42.4 Å². The number of rotatable bonds is 4. The molecule has 1 heterocycles. The van der Waals surface area contributed by atoms with Crippen LogP contribution in [0.3, 0.4) is 0 Å². The molecule has 0 saturated heterocycles. The van der Waals surface area contributed by atoms with Crippen LogP contribution in [0.15, 0.2) is 40.4 Å². The molecule has 1 amide bonds. The molecule has 1 saturated carbocycles. The summed E-state index contributed by atoms with van der Waals surface area (Å²) in [5, 5.41) is 6.40. The number of carbonyl (C=O) groups excluding carboxylic acids is 1. The van der Waals surface area contributed by atoms with Gasteiger partial charge in [-0.15, -0.1) is 0 Å². The van der Waals surface area contributed by atoms with Crippen molar-refractivity contribution in [2.45, 2.75) is 24.7 Å². The van der Waals surface area contributed by atoms with Gasteiger partial charge in [0.25, 0.3) is 0 Å². The summed E-state index contributed by atoms with van der Waals surface area (Å²) in [5.41, 5.74) is 2.20. The first-order valence-corrected chi connectivity index (χ1v) is 7.93. The van der Waals surface area contributed by atoms with E-state index in [4.69, 9.17) is 0 Å². The Kier molecular flexibility index (Phi) is 3.94. The summed E-state index contributed by atoms with van der Waals surface area (Å²) >= 11 is 3.44. The number of hydrogen-bond donors (Lipinski definition) is 2. The maximum Gasteiger partial charge on any atom is 0.230 e. The SMILES string of the molecule is O=C(NCC1=CCNCC1)C1(c2ccc(Br)cc2)CC1. The molecule has 0 unspecified atom stereocenters. The van der Waals surface area contributed by atoms with Crippen LogP contribution in [0.2, 0.25) is 0 Å². The summed E-state index contributed by atoms with van der Waals surface area (Å²) in [6, 6.07) is 8.14. The highest BCUT2D eigenvalue weighted by Gasteiger charge is 2.51. The molecule has 0 atom stereocenters. The normalized spacial score (nSPS) is 20.1. The van der Waals surface area contributed by atoms with Gasteiger partial charge >= 0.3 is 0 Å². The van der Waals surface area contributed by atoms with Crippen LogP contribution in [0.4, 0.5) is 0 Å². The van der Waals surface area contributed by atoms with E-state index in [2.05, 4.69) is 44.8 Å². The van der Waals surface area contributed by atoms with E-state index in [-0.39, 0.29) is 11.3 Å². The van der Waals surface area contributed by atoms with Gasteiger partial charge in [0.05, 0.1) is 5.41 Å². The zero-order valence-corrected chi connectivity index (χ0v) is 13.0. The molecule has 0 spiro atoms. The van der Waals surface area contributed by atoms with E-state index < -0.39 is 0 Å². The first-order valence-electron chi connectivity index (χ1n) is 7.14. The van der Waals surface area contributed by atoms with Gasteiger partial charge in [-0.1, -0.05) is 39.7 Å². The molecular formula is C16H19BrN2O. The molecule has 1 aromatic rings. The van der Waals surface area contributed by atoms with Crippen LogP contribution in [0, 0.1) is 0 Å². The van der Waals surface area contributed by atoms with Crippen molar-refractivity contribution in [2.24, 2.45) is 0 Å². The number of halogens is 1. The predicted molar refractivity (Wildman–Crippen MR) is 83.6 cm³/mol. The Morgan fingerprint density at radius 1 is 1.30 bits per heavy atom. The molecule has 3 rings (SSSR count). The van der Waals surface area contributed by atoms with Gasteiger partial charge in [-0.25, -0.2) is 0 Å². The lowest BCUT2D eigenvalue weighted by atomic mass is 9.95. The molecule has 0 bridgehead atoms. The molecule has 20 heavy (non-hydrogen) atoms. The van der Waals surface area contributed by atoms with Gasteiger partial charge in [-0.2, -0.15) is 0 Å². The summed E-state index contributed by atoms with van der Waals surface area (Å²) in [4.78, 5) is 12.5. The maximum absolute atomic E-state index is 12.5. The van der Waals surface area contributed by atoms with Crippen molar-refractivity contribution >= 4 is 21.8 Å². The molecule has 1 aliphatic carbocycles. The number of nitrogens with one attached hydrogen (secondary N) is 2. The first kappa shape index (κ1) is 13.8. The topological polar surface area (TPSA) is 41.1 Å². The third kappa shape index (κ3) is 2.81. The van der Waals surface area contributed by atoms with E-state index in [9.17, 15) is 4.79 Å². The fraction of sp³-hybridized carbons (Fsp3) is 0.438. The van der Waals surface area contributed by atoms with Crippen molar-refractivity contribution in [2.75, 3.05) is 19.6 Å². The van der Waals surface area contributed by atoms with Crippen molar-refractivity contribution in [3.8, 4) is 0 Å².